The van der Waals surface area contributed by atoms with Gasteiger partial charge >= 0.3 is 0 Å². The smallest absolute Gasteiger partial charge is 0.276 e. The fourth-order valence-electron chi connectivity index (χ4n) is 1.47. The third-order valence-corrected chi connectivity index (χ3v) is 3.87. The van der Waals surface area contributed by atoms with Crippen LogP contribution in [0, 0.1) is 25.2 Å². The summed E-state index contributed by atoms with van der Waals surface area (Å²) in [5, 5.41) is 12.4. The number of thiophene rings is 1. The van der Waals surface area contributed by atoms with E-state index < -0.39 is 5.91 Å². The zero-order chi connectivity index (χ0) is 14.0. The van der Waals surface area contributed by atoms with Gasteiger partial charge in [-0.15, -0.1) is 11.3 Å². The molecule has 2 rings (SSSR count). The van der Waals surface area contributed by atoms with Gasteiger partial charge in [0.1, 0.15) is 21.9 Å². The van der Waals surface area contributed by atoms with Gasteiger partial charge in [0.05, 0.1) is 18.0 Å². The van der Waals surface area contributed by atoms with Crippen LogP contribution in [0.15, 0.2) is 12.4 Å². The van der Waals surface area contributed by atoms with E-state index in [2.05, 4.69) is 21.4 Å². The number of carbonyl (C=O) groups excluding carboxylic acids is 1. The second-order valence-electron chi connectivity index (χ2n) is 3.78. The van der Waals surface area contributed by atoms with Gasteiger partial charge in [-0.25, -0.2) is 4.98 Å². The lowest BCUT2D eigenvalue weighted by Crippen LogP contribution is -2.14. The third-order valence-electron chi connectivity index (χ3n) is 2.56. The van der Waals surface area contributed by atoms with Crippen molar-refractivity contribution in [2.24, 2.45) is 0 Å². The van der Waals surface area contributed by atoms with Crippen molar-refractivity contribution in [2.75, 3.05) is 5.32 Å². The average molecular weight is 293 g/mol. The van der Waals surface area contributed by atoms with Crippen molar-refractivity contribution in [1.29, 1.82) is 5.26 Å². The molecule has 0 aliphatic heterocycles. The molecule has 1 N–H and O–H groups in total. The van der Waals surface area contributed by atoms with Crippen LogP contribution in [0.1, 0.15) is 26.5 Å². The first-order valence-corrected chi connectivity index (χ1v) is 6.51. The number of rotatable bonds is 2. The van der Waals surface area contributed by atoms with E-state index in [0.717, 1.165) is 10.4 Å². The zero-order valence-electron chi connectivity index (χ0n) is 10.2. The van der Waals surface area contributed by atoms with Crippen LogP contribution in [0.3, 0.4) is 0 Å². The molecule has 2 aromatic rings. The molecule has 2 aromatic heterocycles. The van der Waals surface area contributed by atoms with Crippen LogP contribution in [0.2, 0.25) is 5.15 Å². The van der Waals surface area contributed by atoms with E-state index in [1.807, 2.05) is 13.8 Å². The van der Waals surface area contributed by atoms with Gasteiger partial charge in [-0.2, -0.15) is 5.26 Å². The maximum Gasteiger partial charge on any atom is 0.276 e. The number of aryl methyl sites for hydroxylation is 1. The summed E-state index contributed by atoms with van der Waals surface area (Å²) in [6.07, 6.45) is 2.67. The number of nitrogens with zero attached hydrogens (tertiary/aromatic N) is 3. The SMILES string of the molecule is Cc1sc(NC(=O)c2cncc(Cl)n2)c(C#N)c1C. The molecular weight excluding hydrogens is 284 g/mol. The Morgan fingerprint density at radius 1 is 1.47 bits per heavy atom. The van der Waals surface area contributed by atoms with E-state index in [0.29, 0.717) is 10.6 Å². The highest BCUT2D eigenvalue weighted by atomic mass is 35.5. The van der Waals surface area contributed by atoms with Gasteiger partial charge in [-0.3, -0.25) is 9.78 Å². The fraction of sp³-hybridized carbons (Fsp3) is 0.167. The molecule has 0 saturated carbocycles. The minimum atomic E-state index is -0.437. The number of halogens is 1. The van der Waals surface area contributed by atoms with Crippen LogP contribution >= 0.6 is 22.9 Å². The van der Waals surface area contributed by atoms with Crippen molar-refractivity contribution in [2.45, 2.75) is 13.8 Å². The number of carbonyl (C=O) groups is 1. The highest BCUT2D eigenvalue weighted by Crippen LogP contribution is 2.31. The molecule has 0 aliphatic rings. The standard InChI is InChI=1S/C12H9ClN4OS/c1-6-7(2)19-12(8(6)3-14)17-11(18)9-4-15-5-10(13)16-9/h4-5H,1-2H3,(H,17,18). The van der Waals surface area contributed by atoms with Crippen LogP contribution < -0.4 is 5.32 Å². The molecule has 96 valence electrons. The van der Waals surface area contributed by atoms with E-state index in [1.165, 1.54) is 23.7 Å². The molecule has 7 heteroatoms. The number of hydrogen-bond acceptors (Lipinski definition) is 5. The molecule has 0 saturated heterocycles. The monoisotopic (exact) mass is 292 g/mol. The van der Waals surface area contributed by atoms with Crippen LogP contribution in [0.4, 0.5) is 5.00 Å². The lowest BCUT2D eigenvalue weighted by molar-refractivity contribution is 0.102. The Bertz CT molecular complexity index is 690. The predicted molar refractivity (Wildman–Crippen MR) is 73.5 cm³/mol. The summed E-state index contributed by atoms with van der Waals surface area (Å²) in [7, 11) is 0. The van der Waals surface area contributed by atoms with E-state index in [-0.39, 0.29) is 10.8 Å². The van der Waals surface area contributed by atoms with E-state index in [1.54, 1.807) is 0 Å². The van der Waals surface area contributed by atoms with Gasteiger partial charge in [0, 0.05) is 4.88 Å². The molecule has 0 radical (unpaired) electrons. The summed E-state index contributed by atoms with van der Waals surface area (Å²) >= 11 is 7.03. The number of anilines is 1. The minimum absolute atomic E-state index is 0.111. The molecular formula is C12H9ClN4OS. The van der Waals surface area contributed by atoms with Gasteiger partial charge in [0.25, 0.3) is 5.91 Å². The van der Waals surface area contributed by atoms with E-state index in [9.17, 15) is 4.79 Å². The van der Waals surface area contributed by atoms with Gasteiger partial charge < -0.3 is 5.32 Å². The van der Waals surface area contributed by atoms with Crippen LogP contribution in [0.5, 0.6) is 0 Å². The molecule has 1 amide bonds. The maximum atomic E-state index is 12.0. The van der Waals surface area contributed by atoms with Crippen LogP contribution in [-0.4, -0.2) is 15.9 Å². The van der Waals surface area contributed by atoms with Crippen molar-refractivity contribution in [3.63, 3.8) is 0 Å². The van der Waals surface area contributed by atoms with Crippen molar-refractivity contribution in [1.82, 2.24) is 9.97 Å². The molecule has 0 aliphatic carbocycles. The summed E-state index contributed by atoms with van der Waals surface area (Å²) in [6.45, 7) is 3.74. The molecule has 0 fully saturated rings. The summed E-state index contributed by atoms with van der Waals surface area (Å²) in [5.74, 6) is -0.437. The zero-order valence-corrected chi connectivity index (χ0v) is 11.8. The Balaban J connectivity index is 2.30. The Labute approximate surface area is 118 Å². The first kappa shape index (κ1) is 13.5. The van der Waals surface area contributed by atoms with Gasteiger partial charge in [-0.05, 0) is 19.4 Å². The summed E-state index contributed by atoms with van der Waals surface area (Å²) in [4.78, 5) is 20.6. The normalized spacial score (nSPS) is 10.0. The highest BCUT2D eigenvalue weighted by molar-refractivity contribution is 7.16. The van der Waals surface area contributed by atoms with Crippen molar-refractivity contribution in [3.8, 4) is 6.07 Å². The molecule has 0 spiro atoms. The molecule has 2 heterocycles. The Morgan fingerprint density at radius 3 is 2.84 bits per heavy atom. The predicted octanol–water partition coefficient (Wildman–Crippen LogP) is 2.93. The topological polar surface area (TPSA) is 78.7 Å². The minimum Gasteiger partial charge on any atom is -0.311 e. The number of nitrogens with one attached hydrogen (secondary N) is 1. The maximum absolute atomic E-state index is 12.0. The number of aromatic nitrogens is 2. The number of nitriles is 1. The molecule has 5 nitrogen and oxygen atoms in total. The van der Waals surface area contributed by atoms with E-state index in [4.69, 9.17) is 16.9 Å². The first-order chi connectivity index (χ1) is 9.02. The summed E-state index contributed by atoms with van der Waals surface area (Å²) < 4.78 is 0. The van der Waals surface area contributed by atoms with Crippen molar-refractivity contribution in [3.05, 3.63) is 39.2 Å². The highest BCUT2D eigenvalue weighted by Gasteiger charge is 2.16. The fourth-order valence-corrected chi connectivity index (χ4v) is 2.62. The van der Waals surface area contributed by atoms with Crippen molar-refractivity contribution >= 4 is 33.8 Å². The molecule has 19 heavy (non-hydrogen) atoms. The number of hydrogen-bond donors (Lipinski definition) is 1. The molecule has 0 atom stereocenters. The quantitative estimate of drug-likeness (QED) is 0.923. The number of amides is 1. The second-order valence-corrected chi connectivity index (χ2v) is 5.39. The van der Waals surface area contributed by atoms with Crippen molar-refractivity contribution < 1.29 is 4.79 Å². The Morgan fingerprint density at radius 2 is 2.21 bits per heavy atom. The molecule has 0 aromatic carbocycles. The van der Waals surface area contributed by atoms with Crippen LogP contribution in [0.25, 0.3) is 0 Å². The lowest BCUT2D eigenvalue weighted by atomic mass is 10.2. The third kappa shape index (κ3) is 2.72. The van der Waals surface area contributed by atoms with Gasteiger partial charge in [0.2, 0.25) is 0 Å². The Hall–Kier alpha value is -1.97. The average Bonchev–Trinajstić information content (AvgIpc) is 2.64. The molecule has 0 unspecified atom stereocenters. The van der Waals surface area contributed by atoms with E-state index >= 15 is 0 Å². The lowest BCUT2D eigenvalue weighted by Gasteiger charge is -2.02. The Kier molecular flexibility index (Phi) is 3.79. The largest absolute Gasteiger partial charge is 0.311 e. The van der Waals surface area contributed by atoms with Crippen LogP contribution in [-0.2, 0) is 0 Å². The summed E-state index contributed by atoms with van der Waals surface area (Å²) in [5.41, 5.74) is 1.46. The van der Waals surface area contributed by atoms with Gasteiger partial charge in [0.15, 0.2) is 0 Å². The van der Waals surface area contributed by atoms with Gasteiger partial charge in [-0.1, -0.05) is 11.6 Å². The summed E-state index contributed by atoms with van der Waals surface area (Å²) in [6, 6.07) is 2.09. The molecule has 0 bridgehead atoms. The second kappa shape index (κ2) is 5.34. The first-order valence-electron chi connectivity index (χ1n) is 5.32.